The molecule has 0 unspecified atom stereocenters. The zero-order valence-corrected chi connectivity index (χ0v) is 12.3. The summed E-state index contributed by atoms with van der Waals surface area (Å²) in [6, 6.07) is 4.13. The first kappa shape index (κ1) is 14.9. The Morgan fingerprint density at radius 3 is 3.00 bits per heavy atom. The maximum atomic E-state index is 13.3. The van der Waals surface area contributed by atoms with Gasteiger partial charge in [-0.25, -0.2) is 8.78 Å². The van der Waals surface area contributed by atoms with E-state index in [2.05, 4.69) is 4.90 Å². The molecule has 3 rings (SSSR count). The average Bonchev–Trinajstić information content (AvgIpc) is 2.86. The number of piperidine rings is 1. The molecule has 0 radical (unpaired) electrons. The lowest BCUT2D eigenvalue weighted by molar-refractivity contribution is -0.0557. The number of fused-ring (bicyclic) bond motifs is 1. The van der Waals surface area contributed by atoms with Gasteiger partial charge in [0.1, 0.15) is 0 Å². The van der Waals surface area contributed by atoms with E-state index in [0.717, 1.165) is 38.1 Å². The molecule has 0 bridgehead atoms. The van der Waals surface area contributed by atoms with Crippen LogP contribution in [0.1, 0.15) is 18.4 Å². The van der Waals surface area contributed by atoms with Crippen molar-refractivity contribution in [3.05, 3.63) is 35.4 Å². The molecule has 2 atom stereocenters. The summed E-state index contributed by atoms with van der Waals surface area (Å²) < 4.78 is 37.5. The summed E-state index contributed by atoms with van der Waals surface area (Å²) in [6.45, 7) is 3.90. The maximum Gasteiger partial charge on any atom is 0.159 e. The van der Waals surface area contributed by atoms with Gasteiger partial charge in [-0.15, -0.1) is 0 Å². The van der Waals surface area contributed by atoms with Crippen molar-refractivity contribution in [3.8, 4) is 0 Å². The van der Waals surface area contributed by atoms with Gasteiger partial charge < -0.3 is 9.47 Å². The molecule has 2 saturated heterocycles. The maximum absolute atomic E-state index is 13.3. The van der Waals surface area contributed by atoms with Crippen molar-refractivity contribution in [2.75, 3.05) is 33.4 Å². The van der Waals surface area contributed by atoms with Gasteiger partial charge in [0, 0.05) is 38.8 Å². The van der Waals surface area contributed by atoms with Crippen LogP contribution in [0.5, 0.6) is 0 Å². The predicted octanol–water partition coefficient (Wildman–Crippen LogP) is 2.59. The van der Waals surface area contributed by atoms with Gasteiger partial charge in [0.25, 0.3) is 0 Å². The third-order valence-electron chi connectivity index (χ3n) is 4.67. The van der Waals surface area contributed by atoms with Gasteiger partial charge >= 0.3 is 0 Å². The number of benzene rings is 1. The summed E-state index contributed by atoms with van der Waals surface area (Å²) in [6.07, 6.45) is 2.23. The lowest BCUT2D eigenvalue weighted by Gasteiger charge is -2.43. The highest BCUT2D eigenvalue weighted by molar-refractivity contribution is 5.18. The minimum absolute atomic E-state index is 0.0472. The van der Waals surface area contributed by atoms with Crippen LogP contribution in [-0.2, 0) is 16.0 Å². The van der Waals surface area contributed by atoms with Gasteiger partial charge in [-0.05, 0) is 30.5 Å². The van der Waals surface area contributed by atoms with Crippen LogP contribution >= 0.6 is 0 Å². The van der Waals surface area contributed by atoms with Crippen LogP contribution in [0.4, 0.5) is 8.78 Å². The van der Waals surface area contributed by atoms with Crippen LogP contribution in [0.3, 0.4) is 0 Å². The molecule has 0 N–H and O–H groups in total. The van der Waals surface area contributed by atoms with Crippen molar-refractivity contribution in [3.63, 3.8) is 0 Å². The number of rotatable bonds is 4. The van der Waals surface area contributed by atoms with Gasteiger partial charge in [-0.1, -0.05) is 6.07 Å². The Balaban J connectivity index is 1.70. The third kappa shape index (κ3) is 2.96. The number of likely N-dealkylation sites (tertiary alicyclic amines) is 1. The number of hydrogen-bond acceptors (Lipinski definition) is 3. The highest BCUT2D eigenvalue weighted by atomic mass is 19.2. The number of ether oxygens (including phenoxy) is 2. The van der Waals surface area contributed by atoms with E-state index in [-0.39, 0.29) is 11.5 Å². The molecule has 2 heterocycles. The van der Waals surface area contributed by atoms with Crippen molar-refractivity contribution < 1.29 is 18.3 Å². The second-order valence-electron chi connectivity index (χ2n) is 6.15. The Morgan fingerprint density at radius 2 is 2.24 bits per heavy atom. The van der Waals surface area contributed by atoms with Crippen molar-refractivity contribution in [2.45, 2.75) is 25.5 Å². The molecule has 3 nitrogen and oxygen atoms in total. The highest BCUT2D eigenvalue weighted by Gasteiger charge is 2.47. The van der Waals surface area contributed by atoms with E-state index >= 15 is 0 Å². The molecule has 1 aromatic rings. The fourth-order valence-corrected chi connectivity index (χ4v) is 3.67. The molecule has 0 saturated carbocycles. The highest BCUT2D eigenvalue weighted by Crippen LogP contribution is 2.41. The molecular weight excluding hydrogens is 276 g/mol. The molecule has 21 heavy (non-hydrogen) atoms. The summed E-state index contributed by atoms with van der Waals surface area (Å²) in [5, 5.41) is 0. The number of halogens is 2. The Bertz CT molecular complexity index is 511. The molecule has 2 aliphatic heterocycles. The Kier molecular flexibility index (Phi) is 4.24. The van der Waals surface area contributed by atoms with E-state index in [1.807, 2.05) is 0 Å². The predicted molar refractivity (Wildman–Crippen MR) is 74.9 cm³/mol. The quantitative estimate of drug-likeness (QED) is 0.852. The van der Waals surface area contributed by atoms with E-state index < -0.39 is 11.6 Å². The van der Waals surface area contributed by atoms with Crippen molar-refractivity contribution in [1.82, 2.24) is 4.90 Å². The average molecular weight is 297 g/mol. The first-order chi connectivity index (χ1) is 10.1. The summed E-state index contributed by atoms with van der Waals surface area (Å²) in [5.74, 6) is -1.57. The molecule has 0 spiro atoms. The van der Waals surface area contributed by atoms with Gasteiger partial charge in [0.2, 0.25) is 0 Å². The third-order valence-corrected chi connectivity index (χ3v) is 4.67. The Morgan fingerprint density at radius 1 is 1.38 bits per heavy atom. The second kappa shape index (κ2) is 5.99. The normalized spacial score (nSPS) is 29.6. The van der Waals surface area contributed by atoms with Gasteiger partial charge in [0.15, 0.2) is 11.6 Å². The monoisotopic (exact) mass is 297 g/mol. The molecule has 2 fully saturated rings. The standard InChI is InChI=1S/C16H21F2NO2/c1-20-11-16-5-7-21-15(16)4-6-19(10-16)9-12-2-3-13(17)14(18)8-12/h2-3,8,15H,4-7,9-11H2,1H3/t15-,16+/m0/s1. The van der Waals surface area contributed by atoms with E-state index in [9.17, 15) is 8.78 Å². The molecular formula is C16H21F2NO2. The molecule has 0 aromatic heterocycles. The molecule has 5 heteroatoms. The second-order valence-corrected chi connectivity index (χ2v) is 6.15. The van der Waals surface area contributed by atoms with Gasteiger partial charge in [0.05, 0.1) is 12.7 Å². The van der Waals surface area contributed by atoms with Gasteiger partial charge in [-0.2, -0.15) is 0 Å². The molecule has 2 aliphatic rings. The number of methoxy groups -OCH3 is 1. The topological polar surface area (TPSA) is 21.7 Å². The Labute approximate surface area is 123 Å². The van der Waals surface area contributed by atoms with Crippen molar-refractivity contribution in [2.24, 2.45) is 5.41 Å². The van der Waals surface area contributed by atoms with Crippen LogP contribution in [0.15, 0.2) is 18.2 Å². The SMILES string of the molecule is COC[C@]12CCO[C@H]1CCN(Cc1ccc(F)c(F)c1)C2. The summed E-state index contributed by atoms with van der Waals surface area (Å²) >= 11 is 0. The Hall–Kier alpha value is -1.04. The van der Waals surface area contributed by atoms with Gasteiger partial charge in [-0.3, -0.25) is 4.90 Å². The van der Waals surface area contributed by atoms with Crippen LogP contribution in [0.2, 0.25) is 0 Å². The summed E-state index contributed by atoms with van der Waals surface area (Å²) in [4.78, 5) is 2.29. The summed E-state index contributed by atoms with van der Waals surface area (Å²) in [5.41, 5.74) is 0.852. The lowest BCUT2D eigenvalue weighted by atomic mass is 9.77. The first-order valence-corrected chi connectivity index (χ1v) is 7.40. The smallest absolute Gasteiger partial charge is 0.159 e. The fraction of sp³-hybridized carbons (Fsp3) is 0.625. The number of nitrogens with zero attached hydrogens (tertiary/aromatic N) is 1. The summed E-state index contributed by atoms with van der Waals surface area (Å²) in [7, 11) is 1.72. The van der Waals surface area contributed by atoms with Crippen molar-refractivity contribution in [1.29, 1.82) is 0 Å². The minimum Gasteiger partial charge on any atom is -0.384 e. The minimum atomic E-state index is -0.794. The number of hydrogen-bond donors (Lipinski definition) is 0. The van der Waals surface area contributed by atoms with Crippen LogP contribution < -0.4 is 0 Å². The zero-order chi connectivity index (χ0) is 14.9. The lowest BCUT2D eigenvalue weighted by Crippen LogP contribution is -2.51. The van der Waals surface area contributed by atoms with Crippen LogP contribution in [-0.4, -0.2) is 44.4 Å². The first-order valence-electron chi connectivity index (χ1n) is 7.40. The van der Waals surface area contributed by atoms with Crippen LogP contribution in [0.25, 0.3) is 0 Å². The molecule has 0 amide bonds. The van der Waals surface area contributed by atoms with E-state index in [1.165, 1.54) is 12.1 Å². The van der Waals surface area contributed by atoms with E-state index in [4.69, 9.17) is 9.47 Å². The van der Waals surface area contributed by atoms with Crippen molar-refractivity contribution >= 4 is 0 Å². The van der Waals surface area contributed by atoms with E-state index in [1.54, 1.807) is 13.2 Å². The largest absolute Gasteiger partial charge is 0.384 e. The van der Waals surface area contributed by atoms with E-state index in [0.29, 0.717) is 13.2 Å². The molecule has 1 aromatic carbocycles. The fourth-order valence-electron chi connectivity index (χ4n) is 3.67. The zero-order valence-electron chi connectivity index (χ0n) is 12.3. The van der Waals surface area contributed by atoms with Crippen LogP contribution in [0, 0.1) is 17.0 Å². The molecule has 116 valence electrons. The molecule has 0 aliphatic carbocycles.